The van der Waals surface area contributed by atoms with E-state index in [4.69, 9.17) is 0 Å². The van der Waals surface area contributed by atoms with Crippen LogP contribution >= 0.6 is 0 Å². The molecule has 1 aliphatic heterocycles. The van der Waals surface area contributed by atoms with Crippen LogP contribution in [-0.4, -0.2) is 37.4 Å². The zero-order valence-corrected chi connectivity index (χ0v) is 14.2. The van der Waals surface area contributed by atoms with Crippen molar-refractivity contribution in [2.45, 2.75) is 20.0 Å². The summed E-state index contributed by atoms with van der Waals surface area (Å²) < 4.78 is 1.53. The molecule has 130 valence electrons. The fourth-order valence-electron chi connectivity index (χ4n) is 3.14. The van der Waals surface area contributed by atoms with E-state index in [1.54, 1.807) is 6.92 Å². The number of ketones is 1. The van der Waals surface area contributed by atoms with Crippen molar-refractivity contribution in [2.75, 3.05) is 0 Å². The van der Waals surface area contributed by atoms with Gasteiger partial charge in [0.25, 0.3) is 5.91 Å². The summed E-state index contributed by atoms with van der Waals surface area (Å²) in [7, 11) is 0. The largest absolute Gasteiger partial charge is 0.296 e. The zero-order chi connectivity index (χ0) is 18.1. The van der Waals surface area contributed by atoms with E-state index in [0.717, 1.165) is 11.1 Å². The fourth-order valence-corrected chi connectivity index (χ4v) is 3.14. The van der Waals surface area contributed by atoms with Gasteiger partial charge in [-0.1, -0.05) is 47.7 Å². The number of rotatable bonds is 5. The molecule has 0 N–H and O–H groups in total. The third-order valence-corrected chi connectivity index (χ3v) is 4.42. The predicted molar refractivity (Wildman–Crippen MR) is 96.1 cm³/mol. The second-order valence-corrected chi connectivity index (χ2v) is 6.26. The molecule has 7 nitrogen and oxygen atoms in total. The monoisotopic (exact) mass is 347 g/mol. The van der Waals surface area contributed by atoms with Gasteiger partial charge in [0.2, 0.25) is 0 Å². The van der Waals surface area contributed by atoms with E-state index in [1.807, 2.05) is 54.6 Å². The van der Waals surface area contributed by atoms with Crippen LogP contribution in [0.4, 0.5) is 0 Å². The Morgan fingerprint density at radius 2 is 1.81 bits per heavy atom. The first-order valence-electron chi connectivity index (χ1n) is 8.35. The molecule has 0 aliphatic carbocycles. The van der Waals surface area contributed by atoms with Crippen LogP contribution in [0.2, 0.25) is 0 Å². The van der Waals surface area contributed by atoms with Gasteiger partial charge in [-0.3, -0.25) is 9.59 Å². The minimum atomic E-state index is -0.860. The molecular weight excluding hydrogens is 330 g/mol. The van der Waals surface area contributed by atoms with Gasteiger partial charge >= 0.3 is 0 Å². The van der Waals surface area contributed by atoms with E-state index in [-0.39, 0.29) is 18.2 Å². The molecule has 1 aliphatic rings. The third-order valence-electron chi connectivity index (χ3n) is 4.42. The van der Waals surface area contributed by atoms with Gasteiger partial charge in [-0.25, -0.2) is 9.69 Å². The van der Waals surface area contributed by atoms with Gasteiger partial charge in [0, 0.05) is 0 Å². The van der Waals surface area contributed by atoms with Crippen molar-refractivity contribution >= 4 is 28.4 Å². The lowest BCUT2D eigenvalue weighted by atomic mass is 9.99. The maximum absolute atomic E-state index is 12.8. The molecule has 1 amide bonds. The van der Waals surface area contributed by atoms with Crippen LogP contribution in [0.15, 0.2) is 59.7 Å². The Bertz CT molecular complexity index is 1010. The van der Waals surface area contributed by atoms with Crippen LogP contribution in [0.3, 0.4) is 0 Å². The summed E-state index contributed by atoms with van der Waals surface area (Å²) in [4.78, 5) is 25.5. The Balaban J connectivity index is 1.51. The van der Waals surface area contributed by atoms with Crippen LogP contribution in [-0.2, 0) is 22.7 Å². The normalized spacial score (nSPS) is 17.0. The van der Waals surface area contributed by atoms with Gasteiger partial charge < -0.3 is 0 Å². The van der Waals surface area contributed by atoms with E-state index >= 15 is 0 Å². The first kappa shape index (κ1) is 16.1. The van der Waals surface area contributed by atoms with Crippen LogP contribution < -0.4 is 0 Å². The van der Waals surface area contributed by atoms with Crippen molar-refractivity contribution in [3.8, 4) is 0 Å². The van der Waals surface area contributed by atoms with Gasteiger partial charge in [0.05, 0.1) is 17.8 Å². The Labute approximate surface area is 149 Å². The summed E-state index contributed by atoms with van der Waals surface area (Å²) in [5, 5.41) is 13.7. The summed E-state index contributed by atoms with van der Waals surface area (Å²) in [6.07, 6.45) is 0. The molecule has 26 heavy (non-hydrogen) atoms. The highest BCUT2D eigenvalue weighted by molar-refractivity contribution is 6.22. The van der Waals surface area contributed by atoms with Gasteiger partial charge in [0.1, 0.15) is 18.0 Å². The minimum absolute atomic E-state index is 0.0110. The predicted octanol–water partition coefficient (Wildman–Crippen LogP) is 2.03. The number of hydrazone groups is 1. The number of hydrogen-bond donors (Lipinski definition) is 0. The Morgan fingerprint density at radius 1 is 1.08 bits per heavy atom. The van der Waals surface area contributed by atoms with Crippen molar-refractivity contribution in [3.63, 3.8) is 0 Å². The first-order valence-corrected chi connectivity index (χ1v) is 8.35. The molecule has 0 saturated carbocycles. The number of carbonyl (C=O) groups is 2. The van der Waals surface area contributed by atoms with Crippen molar-refractivity contribution in [3.05, 3.63) is 60.2 Å². The number of aromatic nitrogens is 3. The number of carbonyl (C=O) groups excluding carboxylic acids is 2. The quantitative estimate of drug-likeness (QED) is 0.662. The van der Waals surface area contributed by atoms with Crippen LogP contribution in [0.25, 0.3) is 11.0 Å². The summed E-state index contributed by atoms with van der Waals surface area (Å²) in [6.45, 7) is 2.06. The molecule has 2 aromatic carbocycles. The molecular formula is C19H17N5O2. The average molecular weight is 347 g/mol. The summed E-state index contributed by atoms with van der Waals surface area (Å²) in [5.74, 6) is -1.38. The van der Waals surface area contributed by atoms with Gasteiger partial charge in [-0.2, -0.15) is 5.10 Å². The molecule has 0 saturated heterocycles. The summed E-state index contributed by atoms with van der Waals surface area (Å²) >= 11 is 0. The highest BCUT2D eigenvalue weighted by Crippen LogP contribution is 2.20. The first-order chi connectivity index (χ1) is 12.6. The van der Waals surface area contributed by atoms with Crippen LogP contribution in [0.5, 0.6) is 0 Å². The minimum Gasteiger partial charge on any atom is -0.296 e. The highest BCUT2D eigenvalue weighted by Gasteiger charge is 2.38. The number of para-hydroxylation sites is 1. The smallest absolute Gasteiger partial charge is 0.259 e. The second-order valence-electron chi connectivity index (χ2n) is 6.26. The van der Waals surface area contributed by atoms with Crippen molar-refractivity contribution in [2.24, 2.45) is 11.0 Å². The van der Waals surface area contributed by atoms with E-state index in [2.05, 4.69) is 15.4 Å². The molecule has 1 aromatic heterocycles. The van der Waals surface area contributed by atoms with Crippen LogP contribution in [0, 0.1) is 5.92 Å². The number of benzene rings is 2. The van der Waals surface area contributed by atoms with Crippen molar-refractivity contribution in [1.82, 2.24) is 20.0 Å². The highest BCUT2D eigenvalue weighted by atomic mass is 16.2. The molecule has 0 spiro atoms. The Hall–Kier alpha value is -3.35. The maximum Gasteiger partial charge on any atom is 0.259 e. The average Bonchev–Trinajstić information content (AvgIpc) is 3.17. The molecule has 0 bridgehead atoms. The van der Waals surface area contributed by atoms with Crippen molar-refractivity contribution in [1.29, 1.82) is 0 Å². The fraction of sp³-hybridized carbons (Fsp3) is 0.211. The lowest BCUT2D eigenvalue weighted by Crippen LogP contribution is -2.34. The molecule has 4 rings (SSSR count). The van der Waals surface area contributed by atoms with Crippen molar-refractivity contribution < 1.29 is 9.59 Å². The Morgan fingerprint density at radius 3 is 2.62 bits per heavy atom. The van der Waals surface area contributed by atoms with E-state index in [0.29, 0.717) is 17.8 Å². The summed E-state index contributed by atoms with van der Waals surface area (Å²) in [5.41, 5.74) is 2.96. The molecule has 2 heterocycles. The summed E-state index contributed by atoms with van der Waals surface area (Å²) in [6, 6.07) is 17.0. The number of nitrogens with zero attached hydrogens (tertiary/aromatic N) is 5. The topological polar surface area (TPSA) is 80.5 Å². The molecule has 7 heteroatoms. The lowest BCUT2D eigenvalue weighted by molar-refractivity contribution is -0.137. The number of amides is 1. The molecule has 1 atom stereocenters. The maximum atomic E-state index is 12.8. The van der Waals surface area contributed by atoms with Gasteiger partial charge in [0.15, 0.2) is 5.78 Å². The van der Waals surface area contributed by atoms with E-state index < -0.39 is 5.92 Å². The standard InChI is InChI=1S/C19H17N5O2/c1-13-18(19(26)24(21-13)11-14-7-3-2-4-8-14)17(25)12-23-16-10-6-5-9-15(16)20-22-23/h2-10,18H,11-12H2,1H3/t18-/m0/s1. The zero-order valence-electron chi connectivity index (χ0n) is 14.2. The van der Waals surface area contributed by atoms with Crippen LogP contribution in [0.1, 0.15) is 12.5 Å². The van der Waals surface area contributed by atoms with Gasteiger partial charge in [-0.05, 0) is 24.6 Å². The number of Topliss-reactive ketones (excluding diaryl/α,β-unsaturated/α-hetero) is 1. The molecule has 0 fully saturated rings. The SMILES string of the molecule is CC1=NN(Cc2ccccc2)C(=O)[C@@H]1C(=O)Cn1nnc2ccccc21. The Kier molecular flexibility index (Phi) is 4.04. The second kappa shape index (κ2) is 6.51. The number of hydrogen-bond acceptors (Lipinski definition) is 5. The van der Waals surface area contributed by atoms with E-state index in [9.17, 15) is 9.59 Å². The van der Waals surface area contributed by atoms with E-state index in [1.165, 1.54) is 9.69 Å². The molecule has 0 radical (unpaired) electrons. The lowest BCUT2D eigenvalue weighted by Gasteiger charge is -2.14. The number of fused-ring (bicyclic) bond motifs is 1. The van der Waals surface area contributed by atoms with Gasteiger partial charge in [-0.15, -0.1) is 5.10 Å². The molecule has 3 aromatic rings. The molecule has 0 unspecified atom stereocenters. The third kappa shape index (κ3) is 2.88.